The van der Waals surface area contributed by atoms with E-state index in [1.54, 1.807) is 0 Å². The summed E-state index contributed by atoms with van der Waals surface area (Å²) in [4.78, 5) is 22.2. The van der Waals surface area contributed by atoms with Crippen molar-refractivity contribution in [2.24, 2.45) is 0 Å². The Morgan fingerprint density at radius 1 is 1.29 bits per heavy atom. The van der Waals surface area contributed by atoms with Gasteiger partial charge in [0.05, 0.1) is 17.6 Å². The fourth-order valence-corrected chi connectivity index (χ4v) is 1.60. The zero-order chi connectivity index (χ0) is 16.3. The van der Waals surface area contributed by atoms with Crippen LogP contribution in [0.1, 0.15) is 29.3 Å². The van der Waals surface area contributed by atoms with Crippen LogP contribution in [0.5, 0.6) is 0 Å². The standard InChI is InChI=1S/C13H14F3NO4/c1-12(21,6-10(18)19)7-17-11(20)8-3-2-4-9(5-8)13(14,15)16/h2-5,21H,6-7H2,1H3,(H,17,20)(H,18,19). The van der Waals surface area contributed by atoms with Crippen LogP contribution in [0.4, 0.5) is 13.2 Å². The molecule has 0 saturated heterocycles. The summed E-state index contributed by atoms with van der Waals surface area (Å²) in [5, 5.41) is 20.5. The summed E-state index contributed by atoms with van der Waals surface area (Å²) in [6, 6.07) is 3.79. The molecule has 21 heavy (non-hydrogen) atoms. The first-order valence-corrected chi connectivity index (χ1v) is 5.91. The number of aliphatic carboxylic acids is 1. The van der Waals surface area contributed by atoms with Crippen LogP contribution in [0.3, 0.4) is 0 Å². The van der Waals surface area contributed by atoms with E-state index < -0.39 is 42.2 Å². The first-order chi connectivity index (χ1) is 9.51. The summed E-state index contributed by atoms with van der Waals surface area (Å²) in [7, 11) is 0. The van der Waals surface area contributed by atoms with Crippen LogP contribution in [0.2, 0.25) is 0 Å². The zero-order valence-electron chi connectivity index (χ0n) is 11.1. The number of nitrogens with one attached hydrogen (secondary N) is 1. The number of hydrogen-bond acceptors (Lipinski definition) is 3. The smallest absolute Gasteiger partial charge is 0.416 e. The van der Waals surface area contributed by atoms with Crippen LogP contribution in [0.25, 0.3) is 0 Å². The lowest BCUT2D eigenvalue weighted by molar-refractivity contribution is -0.142. The molecular formula is C13H14F3NO4. The summed E-state index contributed by atoms with van der Waals surface area (Å²) in [5.74, 6) is -2.08. The maximum Gasteiger partial charge on any atom is 0.416 e. The maximum atomic E-state index is 12.5. The largest absolute Gasteiger partial charge is 0.481 e. The topological polar surface area (TPSA) is 86.6 Å². The van der Waals surface area contributed by atoms with Crippen LogP contribution in [-0.4, -0.2) is 34.2 Å². The number of carbonyl (C=O) groups is 2. The van der Waals surface area contributed by atoms with E-state index in [9.17, 15) is 27.9 Å². The lowest BCUT2D eigenvalue weighted by atomic mass is 10.0. The average molecular weight is 305 g/mol. The average Bonchev–Trinajstić information content (AvgIpc) is 2.33. The first-order valence-electron chi connectivity index (χ1n) is 5.91. The number of carbonyl (C=O) groups excluding carboxylic acids is 1. The molecule has 3 N–H and O–H groups in total. The summed E-state index contributed by atoms with van der Waals surface area (Å²) in [6.07, 6.45) is -5.17. The third-order valence-electron chi connectivity index (χ3n) is 2.61. The first kappa shape index (κ1) is 17.0. The minimum absolute atomic E-state index is 0.226. The predicted octanol–water partition coefficient (Wildman–Crippen LogP) is 1.66. The van der Waals surface area contributed by atoms with E-state index in [0.717, 1.165) is 12.1 Å². The molecule has 116 valence electrons. The zero-order valence-corrected chi connectivity index (χ0v) is 11.1. The van der Waals surface area contributed by atoms with Crippen molar-refractivity contribution in [3.8, 4) is 0 Å². The summed E-state index contributed by atoms with van der Waals surface area (Å²) < 4.78 is 37.5. The van der Waals surface area contributed by atoms with Gasteiger partial charge < -0.3 is 15.5 Å². The second kappa shape index (κ2) is 6.13. The molecule has 0 saturated carbocycles. The van der Waals surface area contributed by atoms with Gasteiger partial charge in [-0.15, -0.1) is 0 Å². The van der Waals surface area contributed by atoms with E-state index in [0.29, 0.717) is 6.07 Å². The normalized spacial score (nSPS) is 14.3. The Balaban J connectivity index is 2.75. The third-order valence-corrected chi connectivity index (χ3v) is 2.61. The molecule has 0 heterocycles. The van der Waals surface area contributed by atoms with Crippen LogP contribution < -0.4 is 5.32 Å². The number of rotatable bonds is 5. The molecule has 5 nitrogen and oxygen atoms in total. The summed E-state index contributed by atoms with van der Waals surface area (Å²) in [6.45, 7) is 0.807. The van der Waals surface area contributed by atoms with E-state index in [4.69, 9.17) is 5.11 Å². The lowest BCUT2D eigenvalue weighted by Crippen LogP contribution is -2.42. The van der Waals surface area contributed by atoms with E-state index >= 15 is 0 Å². The summed E-state index contributed by atoms with van der Waals surface area (Å²) in [5.41, 5.74) is -2.88. The fourth-order valence-electron chi connectivity index (χ4n) is 1.60. The summed E-state index contributed by atoms with van der Waals surface area (Å²) >= 11 is 0. The predicted molar refractivity (Wildman–Crippen MR) is 66.7 cm³/mol. The molecule has 1 amide bonds. The van der Waals surface area contributed by atoms with Gasteiger partial charge in [-0.1, -0.05) is 6.07 Å². The number of alkyl halides is 3. The Labute approximate surface area is 118 Å². The monoisotopic (exact) mass is 305 g/mol. The number of hydrogen-bond donors (Lipinski definition) is 3. The highest BCUT2D eigenvalue weighted by Crippen LogP contribution is 2.29. The Hall–Kier alpha value is -2.09. The molecule has 1 atom stereocenters. The van der Waals surface area contributed by atoms with Crippen molar-refractivity contribution in [1.29, 1.82) is 0 Å². The number of carboxylic acids is 1. The number of halogens is 3. The van der Waals surface area contributed by atoms with Crippen LogP contribution in [0, 0.1) is 0 Å². The Morgan fingerprint density at radius 2 is 1.90 bits per heavy atom. The molecule has 0 aromatic heterocycles. The molecular weight excluding hydrogens is 291 g/mol. The Kier molecular flexibility index (Phi) is 4.95. The molecule has 0 spiro atoms. The minimum atomic E-state index is -4.56. The van der Waals surface area contributed by atoms with Gasteiger partial charge in [-0.3, -0.25) is 9.59 Å². The van der Waals surface area contributed by atoms with E-state index in [1.807, 2.05) is 0 Å². The molecule has 0 aliphatic carbocycles. The van der Waals surface area contributed by atoms with Gasteiger partial charge in [0, 0.05) is 12.1 Å². The molecule has 1 rings (SSSR count). The van der Waals surface area contributed by atoms with Gasteiger partial charge in [-0.05, 0) is 25.1 Å². The second-order valence-corrected chi connectivity index (χ2v) is 4.83. The van der Waals surface area contributed by atoms with Crippen LogP contribution >= 0.6 is 0 Å². The molecule has 0 fully saturated rings. The third kappa shape index (κ3) is 5.42. The van der Waals surface area contributed by atoms with Crippen molar-refractivity contribution in [3.05, 3.63) is 35.4 Å². The highest BCUT2D eigenvalue weighted by atomic mass is 19.4. The Bertz CT molecular complexity index is 540. The van der Waals surface area contributed by atoms with Gasteiger partial charge in [-0.25, -0.2) is 0 Å². The fraction of sp³-hybridized carbons (Fsp3) is 0.385. The SMILES string of the molecule is CC(O)(CNC(=O)c1cccc(C(F)(F)F)c1)CC(=O)O. The van der Waals surface area contributed by atoms with E-state index in [1.165, 1.54) is 13.0 Å². The molecule has 0 aliphatic heterocycles. The highest BCUT2D eigenvalue weighted by Gasteiger charge is 2.31. The highest BCUT2D eigenvalue weighted by molar-refractivity contribution is 5.94. The van der Waals surface area contributed by atoms with Crippen molar-refractivity contribution >= 4 is 11.9 Å². The molecule has 0 bridgehead atoms. The second-order valence-electron chi connectivity index (χ2n) is 4.83. The number of carboxylic acid groups (broad SMARTS) is 1. The van der Waals surface area contributed by atoms with Gasteiger partial charge in [0.15, 0.2) is 0 Å². The van der Waals surface area contributed by atoms with Crippen molar-refractivity contribution < 1.29 is 33.0 Å². The number of benzene rings is 1. The van der Waals surface area contributed by atoms with Gasteiger partial charge in [0.25, 0.3) is 5.91 Å². The molecule has 0 aliphatic rings. The van der Waals surface area contributed by atoms with Crippen LogP contribution in [0.15, 0.2) is 24.3 Å². The van der Waals surface area contributed by atoms with Crippen molar-refractivity contribution in [2.75, 3.05) is 6.54 Å². The lowest BCUT2D eigenvalue weighted by Gasteiger charge is -2.21. The number of aliphatic hydroxyl groups is 1. The molecule has 1 aromatic rings. The molecule has 1 unspecified atom stereocenters. The van der Waals surface area contributed by atoms with Gasteiger partial charge in [0.2, 0.25) is 0 Å². The molecule has 1 aromatic carbocycles. The van der Waals surface area contributed by atoms with Gasteiger partial charge in [-0.2, -0.15) is 13.2 Å². The van der Waals surface area contributed by atoms with Gasteiger partial charge in [0.1, 0.15) is 0 Å². The van der Waals surface area contributed by atoms with E-state index in [2.05, 4.69) is 5.32 Å². The van der Waals surface area contributed by atoms with Gasteiger partial charge >= 0.3 is 12.1 Å². The van der Waals surface area contributed by atoms with Crippen molar-refractivity contribution in [1.82, 2.24) is 5.32 Å². The number of amides is 1. The Morgan fingerprint density at radius 3 is 2.43 bits per heavy atom. The quantitative estimate of drug-likeness (QED) is 0.772. The van der Waals surface area contributed by atoms with Crippen LogP contribution in [-0.2, 0) is 11.0 Å². The minimum Gasteiger partial charge on any atom is -0.481 e. The van der Waals surface area contributed by atoms with Crippen molar-refractivity contribution in [2.45, 2.75) is 25.1 Å². The van der Waals surface area contributed by atoms with E-state index in [-0.39, 0.29) is 5.56 Å². The van der Waals surface area contributed by atoms with Crippen molar-refractivity contribution in [3.63, 3.8) is 0 Å². The maximum absolute atomic E-state index is 12.5. The molecule has 8 heteroatoms. The molecule has 0 radical (unpaired) electrons.